The summed E-state index contributed by atoms with van der Waals surface area (Å²) in [5.74, 6) is -0.395. The van der Waals surface area contributed by atoms with Crippen LogP contribution in [-0.4, -0.2) is 108 Å². The van der Waals surface area contributed by atoms with Crippen LogP contribution in [0.4, 0.5) is 17.1 Å². The molecule has 0 spiro atoms. The number of carbonyl (C=O) groups excluding carboxylic acids is 1. The van der Waals surface area contributed by atoms with Crippen LogP contribution in [0.25, 0.3) is 16.5 Å². The third-order valence-electron chi connectivity index (χ3n) is 14.4. The summed E-state index contributed by atoms with van der Waals surface area (Å²) in [5, 5.41) is 18.5. The average molecular weight is 1030 g/mol. The van der Waals surface area contributed by atoms with Crippen LogP contribution in [-0.2, 0) is 26.2 Å². The zero-order valence-corrected chi connectivity index (χ0v) is 44.7. The molecule has 71 heavy (non-hydrogen) atoms. The molecular weight excluding hydrogens is 958 g/mol. The van der Waals surface area contributed by atoms with E-state index in [9.17, 15) is 23.3 Å². The molecule has 5 aromatic rings. The lowest BCUT2D eigenvalue weighted by Crippen LogP contribution is -2.47. The zero-order chi connectivity index (χ0) is 50.7. The predicted molar refractivity (Wildman–Crippen MR) is 284 cm³/mol. The van der Waals surface area contributed by atoms with Crippen LogP contribution in [0.2, 0.25) is 30.7 Å². The Morgan fingerprint density at radius 2 is 1.70 bits per heavy atom. The van der Waals surface area contributed by atoms with E-state index in [0.29, 0.717) is 36.5 Å². The first-order valence-electron chi connectivity index (χ1n) is 24.7. The van der Waals surface area contributed by atoms with E-state index < -0.39 is 33.8 Å². The fourth-order valence-corrected chi connectivity index (χ4v) is 11.9. The molecule has 4 aromatic carbocycles. The molecule has 1 saturated heterocycles. The SMILES string of the molecule is CO[C@H]1CC[C@H](N(C)c2ccc(S(=O)(=O)NC(=O)c3ccc(N4CCN(CC5=C(c6ccc(Cl)cc6)CC(C)(C)CC5)CC4)cc3Oc3cccc4c3cnn4COCC[Si](C)(C)C)cc2[N+](=O)[O-])CC1. The largest absolute Gasteiger partial charge is 0.456 e. The van der Waals surface area contributed by atoms with Crippen molar-refractivity contribution in [1.82, 2.24) is 19.4 Å². The number of sulfonamides is 1. The first-order chi connectivity index (χ1) is 33.8. The first-order valence-corrected chi connectivity index (χ1v) is 30.2. The van der Waals surface area contributed by atoms with Crippen molar-refractivity contribution < 1.29 is 32.3 Å². The topological polar surface area (TPSA) is 162 Å². The number of benzene rings is 4. The van der Waals surface area contributed by atoms with Crippen molar-refractivity contribution in [1.29, 1.82) is 0 Å². The number of fused-ring (bicyclic) bond motifs is 1. The number of methoxy groups -OCH3 is 1. The number of hydrogen-bond acceptors (Lipinski definition) is 12. The number of ether oxygens (including phenoxy) is 3. The molecule has 1 N–H and O–H groups in total. The van der Waals surface area contributed by atoms with E-state index in [1.165, 1.54) is 28.8 Å². The third kappa shape index (κ3) is 12.7. The lowest BCUT2D eigenvalue weighted by molar-refractivity contribution is -0.384. The van der Waals surface area contributed by atoms with Crippen LogP contribution in [0, 0.1) is 15.5 Å². The smallest absolute Gasteiger partial charge is 0.293 e. The van der Waals surface area contributed by atoms with Crippen LogP contribution in [0.15, 0.2) is 95.5 Å². The molecular formula is C53H68ClN7O8SSi. The minimum absolute atomic E-state index is 0.0156. The fourth-order valence-electron chi connectivity index (χ4n) is 10.0. The maximum Gasteiger partial charge on any atom is 0.293 e. The fraction of sp³-hybridized carbons (Fsp3) is 0.472. The lowest BCUT2D eigenvalue weighted by atomic mass is 9.72. The number of nitro benzene ring substituents is 1. The van der Waals surface area contributed by atoms with E-state index in [-0.39, 0.29) is 41.3 Å². The molecule has 15 nitrogen and oxygen atoms in total. The van der Waals surface area contributed by atoms with Gasteiger partial charge in [0, 0.05) is 90.4 Å². The number of piperazine rings is 1. The van der Waals surface area contributed by atoms with Crippen LogP contribution in [0.3, 0.4) is 0 Å². The Labute approximate surface area is 424 Å². The van der Waals surface area contributed by atoms with Crippen molar-refractivity contribution in [3.05, 3.63) is 117 Å². The second-order valence-electron chi connectivity index (χ2n) is 21.3. The quantitative estimate of drug-likeness (QED) is 0.0383. The van der Waals surface area contributed by atoms with Gasteiger partial charge in [0.25, 0.3) is 21.6 Å². The number of allylic oxidation sites excluding steroid dienone is 1. The summed E-state index contributed by atoms with van der Waals surface area (Å²) in [6.45, 7) is 16.4. The minimum atomic E-state index is -4.61. The summed E-state index contributed by atoms with van der Waals surface area (Å²) >= 11 is 6.28. The number of anilines is 2. The van der Waals surface area contributed by atoms with Crippen molar-refractivity contribution in [2.24, 2.45) is 5.41 Å². The zero-order valence-electron chi connectivity index (χ0n) is 42.1. The minimum Gasteiger partial charge on any atom is -0.456 e. The molecule has 1 amide bonds. The Balaban J connectivity index is 1.04. The summed E-state index contributed by atoms with van der Waals surface area (Å²) < 4.78 is 50.2. The van der Waals surface area contributed by atoms with Gasteiger partial charge in [-0.1, -0.05) is 68.9 Å². The summed E-state index contributed by atoms with van der Waals surface area (Å²) in [5.41, 5.74) is 5.78. The Hall–Kier alpha value is -5.30. The van der Waals surface area contributed by atoms with E-state index in [0.717, 1.165) is 92.9 Å². The summed E-state index contributed by atoms with van der Waals surface area (Å²) in [6, 6.07) is 23.7. The van der Waals surface area contributed by atoms with Gasteiger partial charge >= 0.3 is 0 Å². The monoisotopic (exact) mass is 1030 g/mol. The number of nitrogens with one attached hydrogen (secondary N) is 1. The Kier molecular flexibility index (Phi) is 16.0. The molecule has 0 unspecified atom stereocenters. The van der Waals surface area contributed by atoms with Crippen LogP contribution in [0.1, 0.15) is 74.7 Å². The molecule has 1 aromatic heterocycles. The van der Waals surface area contributed by atoms with Gasteiger partial charge in [-0.05, 0) is 116 Å². The predicted octanol–water partition coefficient (Wildman–Crippen LogP) is 11.0. The van der Waals surface area contributed by atoms with Gasteiger partial charge in [0.05, 0.1) is 38.6 Å². The van der Waals surface area contributed by atoms with Gasteiger partial charge in [0.1, 0.15) is 23.9 Å². The summed E-state index contributed by atoms with van der Waals surface area (Å²) in [4.78, 5) is 32.3. The van der Waals surface area contributed by atoms with Gasteiger partial charge in [-0.2, -0.15) is 5.10 Å². The number of halogens is 1. The number of nitrogens with zero attached hydrogens (tertiary/aromatic N) is 6. The Bertz CT molecular complexity index is 2870. The van der Waals surface area contributed by atoms with Crippen molar-refractivity contribution in [3.8, 4) is 11.5 Å². The molecule has 2 heterocycles. The van der Waals surface area contributed by atoms with Crippen LogP contribution in [0.5, 0.6) is 11.5 Å². The van der Waals surface area contributed by atoms with Crippen molar-refractivity contribution >= 4 is 69.1 Å². The van der Waals surface area contributed by atoms with Gasteiger partial charge in [-0.3, -0.25) is 19.8 Å². The number of nitro groups is 1. The molecule has 3 aliphatic rings. The van der Waals surface area contributed by atoms with Gasteiger partial charge in [0.15, 0.2) is 0 Å². The molecule has 1 saturated carbocycles. The van der Waals surface area contributed by atoms with E-state index >= 15 is 0 Å². The van der Waals surface area contributed by atoms with Crippen molar-refractivity contribution in [2.75, 3.05) is 63.3 Å². The molecule has 0 radical (unpaired) electrons. The van der Waals surface area contributed by atoms with Gasteiger partial charge < -0.3 is 24.0 Å². The number of hydrogen-bond donors (Lipinski definition) is 1. The normalized spacial score (nSPS) is 19.0. The van der Waals surface area contributed by atoms with Crippen molar-refractivity contribution in [3.63, 3.8) is 0 Å². The third-order valence-corrected chi connectivity index (χ3v) is 17.7. The second kappa shape index (κ2) is 21.8. The lowest BCUT2D eigenvalue weighted by Gasteiger charge is -2.39. The van der Waals surface area contributed by atoms with Gasteiger partial charge in [0.2, 0.25) is 0 Å². The van der Waals surface area contributed by atoms with E-state index in [2.05, 4.69) is 65.2 Å². The maximum atomic E-state index is 14.3. The second-order valence-corrected chi connectivity index (χ2v) is 29.0. The molecule has 1 aliphatic heterocycles. The molecule has 380 valence electrons. The molecule has 8 rings (SSSR count). The summed E-state index contributed by atoms with van der Waals surface area (Å²) in [6.07, 6.45) is 8.20. The average Bonchev–Trinajstić information content (AvgIpc) is 3.76. The van der Waals surface area contributed by atoms with E-state index in [1.807, 2.05) is 29.2 Å². The molecule has 2 aliphatic carbocycles. The maximum absolute atomic E-state index is 14.3. The van der Waals surface area contributed by atoms with Crippen molar-refractivity contribution in [2.45, 2.75) is 108 Å². The molecule has 0 atom stereocenters. The van der Waals surface area contributed by atoms with Crippen LogP contribution < -0.4 is 19.3 Å². The number of amides is 1. The molecule has 0 bridgehead atoms. The van der Waals surface area contributed by atoms with Gasteiger partial charge in [-0.25, -0.2) is 17.8 Å². The van der Waals surface area contributed by atoms with Crippen LogP contribution >= 0.6 is 11.6 Å². The first kappa shape index (κ1) is 52.0. The molecule has 2 fully saturated rings. The van der Waals surface area contributed by atoms with E-state index in [1.54, 1.807) is 49.3 Å². The Morgan fingerprint density at radius 1 is 0.972 bits per heavy atom. The highest BCUT2D eigenvalue weighted by Gasteiger charge is 2.32. The highest BCUT2D eigenvalue weighted by Crippen LogP contribution is 2.44. The number of rotatable bonds is 18. The number of carbonyl (C=O) groups is 1. The standard InChI is InChI=1S/C53H68ClN7O8SSi/c1-53(2)24-23-38(45(33-53)37-11-13-39(54)14-12-37)35-58-25-27-59(28-26-58)41-17-21-44(51(31-41)69-50-10-8-9-47-46(50)34-55-60(47)36-68-29-30-71(5,6)7)52(62)56-70(65,66)43-20-22-48(49(32-43)61(63)64)57(3)40-15-18-42(67-4)19-16-40/h8-14,17,20-22,31-32,34,40,42H,15-16,18-19,23-30,33,35-36H2,1-7H3,(H,56,62)/t40-,42-. The highest BCUT2D eigenvalue weighted by molar-refractivity contribution is 7.90. The highest BCUT2D eigenvalue weighted by atomic mass is 35.5. The van der Waals surface area contributed by atoms with E-state index in [4.69, 9.17) is 25.8 Å². The number of aromatic nitrogens is 2. The Morgan fingerprint density at radius 3 is 2.39 bits per heavy atom. The van der Waals surface area contributed by atoms with Gasteiger partial charge in [-0.15, -0.1) is 0 Å². The molecule has 18 heteroatoms. The summed E-state index contributed by atoms with van der Waals surface area (Å²) in [7, 11) is -2.44.